The van der Waals surface area contributed by atoms with Crippen LogP contribution >= 0.6 is 0 Å². The molecule has 2 aromatic rings. The summed E-state index contributed by atoms with van der Waals surface area (Å²) in [4.78, 5) is 24.3. The van der Waals surface area contributed by atoms with Crippen LogP contribution in [0.15, 0.2) is 48.5 Å². The van der Waals surface area contributed by atoms with Crippen LogP contribution in [0.4, 0.5) is 0 Å². The van der Waals surface area contributed by atoms with E-state index in [9.17, 15) is 9.59 Å². The smallest absolute Gasteiger partial charge is 0.343 e. The summed E-state index contributed by atoms with van der Waals surface area (Å²) in [5.74, 6) is 0.182. The van der Waals surface area contributed by atoms with Crippen molar-refractivity contribution in [3.63, 3.8) is 0 Å². The summed E-state index contributed by atoms with van der Waals surface area (Å²) in [6.45, 7) is 7.29. The van der Waals surface area contributed by atoms with Crippen molar-refractivity contribution in [1.29, 1.82) is 0 Å². The minimum Gasteiger partial charge on any atom is -0.494 e. The molecule has 0 unspecified atom stereocenters. The number of esters is 2. The van der Waals surface area contributed by atoms with Gasteiger partial charge in [0, 0.05) is 6.61 Å². The Balaban J connectivity index is 0.00000249. The monoisotopic (exact) mass is 444 g/mol. The van der Waals surface area contributed by atoms with Crippen LogP contribution in [0.2, 0.25) is 0 Å². The fraction of sp³-hybridized carbons (Fsp3) is 0.462. The van der Waals surface area contributed by atoms with Gasteiger partial charge in [0.05, 0.1) is 24.3 Å². The van der Waals surface area contributed by atoms with Gasteiger partial charge in [0.25, 0.3) is 0 Å². The molecule has 0 bridgehead atoms. The molecule has 176 valence electrons. The molecular weight excluding hydrogens is 408 g/mol. The summed E-state index contributed by atoms with van der Waals surface area (Å²) in [5.41, 5.74) is 0.821. The van der Waals surface area contributed by atoms with Gasteiger partial charge in [-0.2, -0.15) is 0 Å². The number of aliphatic hydroxyl groups is 1. The Kier molecular flexibility index (Phi) is 14.3. The van der Waals surface area contributed by atoms with Crippen molar-refractivity contribution in [1.82, 2.24) is 0 Å². The molecule has 1 N–H and O–H groups in total. The lowest BCUT2D eigenvalue weighted by atomic mass is 10.2. The second-order valence-corrected chi connectivity index (χ2v) is 6.91. The Morgan fingerprint density at radius 1 is 0.719 bits per heavy atom. The maximum absolute atomic E-state index is 12.3. The number of aliphatic hydroxyl groups excluding tert-OH is 1. The summed E-state index contributed by atoms with van der Waals surface area (Å²) in [5, 5.41) is 8.73. The van der Waals surface area contributed by atoms with E-state index in [0.717, 1.165) is 44.3 Å². The van der Waals surface area contributed by atoms with Crippen LogP contribution in [0.25, 0.3) is 0 Å². The lowest BCUT2D eigenvalue weighted by molar-refractivity contribution is 0.0497. The lowest BCUT2D eigenvalue weighted by Crippen LogP contribution is -2.09. The molecule has 0 atom stereocenters. The molecule has 0 amide bonds. The third-order valence-electron chi connectivity index (χ3n) is 4.44. The predicted molar refractivity (Wildman–Crippen MR) is 125 cm³/mol. The van der Waals surface area contributed by atoms with Crippen LogP contribution in [0, 0.1) is 0 Å². The molecule has 32 heavy (non-hydrogen) atoms. The van der Waals surface area contributed by atoms with Gasteiger partial charge in [0.15, 0.2) is 0 Å². The van der Waals surface area contributed by atoms with E-state index in [1.165, 1.54) is 0 Å². The first-order valence-corrected chi connectivity index (χ1v) is 11.5. The molecule has 0 aliphatic heterocycles. The van der Waals surface area contributed by atoms with E-state index in [0.29, 0.717) is 30.1 Å². The highest BCUT2D eigenvalue weighted by molar-refractivity contribution is 5.92. The number of carbonyl (C=O) groups is 2. The highest BCUT2D eigenvalue weighted by Gasteiger charge is 2.11. The highest BCUT2D eigenvalue weighted by atomic mass is 16.5. The van der Waals surface area contributed by atoms with Crippen molar-refractivity contribution in [3.8, 4) is 11.5 Å². The molecule has 0 spiro atoms. The normalized spacial score (nSPS) is 10.0. The quantitative estimate of drug-likeness (QED) is 0.238. The molecule has 6 heteroatoms. The Labute approximate surface area is 191 Å². The molecule has 0 aliphatic carbocycles. The molecular formula is C26H36O6. The number of carbonyl (C=O) groups excluding carboxylic acids is 2. The molecule has 2 aromatic carbocycles. The zero-order chi connectivity index (χ0) is 23.6. The minimum atomic E-state index is -0.478. The van der Waals surface area contributed by atoms with Gasteiger partial charge in [0.1, 0.15) is 11.5 Å². The highest BCUT2D eigenvalue weighted by Crippen LogP contribution is 2.17. The van der Waals surface area contributed by atoms with Gasteiger partial charge in [-0.3, -0.25) is 0 Å². The molecule has 0 heterocycles. The number of unbranched alkanes of at least 4 members (excludes halogenated alkanes) is 4. The standard InChI is InChI=1S/C24H30O6.C2H6/c1-2-3-17-28-21-12-8-20(9-13-21)24(27)30-22-14-10-19(11-15-22)23(26)29-18-7-5-4-6-16-25;1-2/h8-15,25H,2-7,16-18H2,1H3;1-2H3. The van der Waals surface area contributed by atoms with E-state index in [-0.39, 0.29) is 6.61 Å². The van der Waals surface area contributed by atoms with Crippen LogP contribution in [0.1, 0.15) is 80.0 Å². The van der Waals surface area contributed by atoms with Crippen LogP contribution < -0.4 is 9.47 Å². The summed E-state index contributed by atoms with van der Waals surface area (Å²) in [6.07, 6.45) is 5.41. The topological polar surface area (TPSA) is 82.1 Å². The molecule has 0 radical (unpaired) electrons. The SMILES string of the molecule is CC.CCCCOc1ccc(C(=O)Oc2ccc(C(=O)OCCCCCCO)cc2)cc1. The largest absolute Gasteiger partial charge is 0.494 e. The Morgan fingerprint density at radius 2 is 1.28 bits per heavy atom. The van der Waals surface area contributed by atoms with Crippen molar-refractivity contribution in [2.24, 2.45) is 0 Å². The van der Waals surface area contributed by atoms with Gasteiger partial charge in [-0.25, -0.2) is 9.59 Å². The van der Waals surface area contributed by atoms with Gasteiger partial charge < -0.3 is 19.3 Å². The van der Waals surface area contributed by atoms with E-state index in [1.807, 2.05) is 13.8 Å². The summed E-state index contributed by atoms with van der Waals surface area (Å²) in [6, 6.07) is 13.1. The van der Waals surface area contributed by atoms with Gasteiger partial charge >= 0.3 is 11.9 Å². The minimum absolute atomic E-state index is 0.190. The maximum atomic E-state index is 12.3. The number of benzene rings is 2. The Morgan fingerprint density at radius 3 is 1.88 bits per heavy atom. The first-order valence-electron chi connectivity index (χ1n) is 11.5. The lowest BCUT2D eigenvalue weighted by Gasteiger charge is -2.08. The van der Waals surface area contributed by atoms with E-state index in [1.54, 1.807) is 48.5 Å². The number of hydrogen-bond acceptors (Lipinski definition) is 6. The predicted octanol–water partition coefficient (Wildman–Crippen LogP) is 5.82. The summed E-state index contributed by atoms with van der Waals surface area (Å²) >= 11 is 0. The average molecular weight is 445 g/mol. The van der Waals surface area contributed by atoms with Crippen molar-refractivity contribution in [3.05, 3.63) is 59.7 Å². The average Bonchev–Trinajstić information content (AvgIpc) is 2.83. The first-order chi connectivity index (χ1) is 15.6. The van der Waals surface area contributed by atoms with Crippen LogP contribution in [-0.2, 0) is 4.74 Å². The zero-order valence-electron chi connectivity index (χ0n) is 19.5. The van der Waals surface area contributed by atoms with E-state index in [4.69, 9.17) is 19.3 Å². The number of ether oxygens (including phenoxy) is 3. The van der Waals surface area contributed by atoms with Crippen molar-refractivity contribution < 1.29 is 28.9 Å². The summed E-state index contributed by atoms with van der Waals surface area (Å²) < 4.78 is 16.2. The molecule has 0 fully saturated rings. The molecule has 0 aliphatic rings. The third-order valence-corrected chi connectivity index (χ3v) is 4.44. The molecule has 0 saturated carbocycles. The third kappa shape index (κ3) is 10.4. The van der Waals surface area contributed by atoms with E-state index >= 15 is 0 Å². The van der Waals surface area contributed by atoms with Crippen LogP contribution in [0.5, 0.6) is 11.5 Å². The van der Waals surface area contributed by atoms with Crippen LogP contribution in [-0.4, -0.2) is 36.9 Å². The van der Waals surface area contributed by atoms with E-state index in [2.05, 4.69) is 6.92 Å². The summed E-state index contributed by atoms with van der Waals surface area (Å²) in [7, 11) is 0. The maximum Gasteiger partial charge on any atom is 0.343 e. The van der Waals surface area contributed by atoms with Crippen LogP contribution in [0.3, 0.4) is 0 Å². The van der Waals surface area contributed by atoms with Crippen molar-refractivity contribution in [2.75, 3.05) is 19.8 Å². The van der Waals surface area contributed by atoms with Crippen molar-refractivity contribution in [2.45, 2.75) is 59.3 Å². The van der Waals surface area contributed by atoms with Gasteiger partial charge in [-0.05, 0) is 74.2 Å². The molecule has 6 nitrogen and oxygen atoms in total. The number of rotatable bonds is 13. The molecule has 0 saturated heterocycles. The molecule has 0 aromatic heterocycles. The second-order valence-electron chi connectivity index (χ2n) is 6.91. The second kappa shape index (κ2) is 16.8. The Bertz CT molecular complexity index is 768. The fourth-order valence-corrected chi connectivity index (χ4v) is 2.66. The number of hydrogen-bond donors (Lipinski definition) is 1. The first kappa shape index (κ1) is 27.2. The van der Waals surface area contributed by atoms with Crippen molar-refractivity contribution >= 4 is 11.9 Å². The van der Waals surface area contributed by atoms with E-state index < -0.39 is 11.9 Å². The van der Waals surface area contributed by atoms with Gasteiger partial charge in [-0.15, -0.1) is 0 Å². The van der Waals surface area contributed by atoms with Gasteiger partial charge in [-0.1, -0.05) is 33.6 Å². The fourth-order valence-electron chi connectivity index (χ4n) is 2.66. The molecule has 2 rings (SSSR count). The zero-order valence-corrected chi connectivity index (χ0v) is 19.5. The van der Waals surface area contributed by atoms with Gasteiger partial charge in [0.2, 0.25) is 0 Å². The Hall–Kier alpha value is -2.86.